The predicted octanol–water partition coefficient (Wildman–Crippen LogP) is 1.47. The van der Waals surface area contributed by atoms with E-state index >= 15 is 0 Å². The van der Waals surface area contributed by atoms with Gasteiger partial charge in [-0.2, -0.15) is 0 Å². The molecule has 0 amide bonds. The summed E-state index contributed by atoms with van der Waals surface area (Å²) in [6, 6.07) is 6.65. The molecule has 0 spiro atoms. The van der Waals surface area contributed by atoms with Crippen molar-refractivity contribution < 1.29 is 14.3 Å². The van der Waals surface area contributed by atoms with Gasteiger partial charge in [0.05, 0.1) is 5.75 Å². The largest absolute Gasteiger partial charge is 0.480 e. The topological polar surface area (TPSA) is 89.4 Å². The third kappa shape index (κ3) is 2.98. The number of carboxylic acid groups (broad SMARTS) is 1. The summed E-state index contributed by atoms with van der Waals surface area (Å²) in [6.45, 7) is 0. The molecule has 0 unspecified atom stereocenters. The van der Waals surface area contributed by atoms with E-state index in [2.05, 4.69) is 4.98 Å². The summed E-state index contributed by atoms with van der Waals surface area (Å²) >= 11 is 1.40. The Kier molecular flexibility index (Phi) is 3.65. The SMILES string of the molecule is N[C@@H](CSCc1nc2ccccc2o1)C(=O)O. The number of rotatable bonds is 5. The van der Waals surface area contributed by atoms with Crippen LogP contribution in [0.2, 0.25) is 0 Å². The number of aromatic nitrogens is 1. The van der Waals surface area contributed by atoms with Crippen LogP contribution in [0.25, 0.3) is 11.1 Å². The lowest BCUT2D eigenvalue weighted by atomic mass is 10.3. The summed E-state index contributed by atoms with van der Waals surface area (Å²) in [7, 11) is 0. The van der Waals surface area contributed by atoms with Crippen molar-refractivity contribution in [1.82, 2.24) is 4.98 Å². The molecule has 0 fully saturated rings. The monoisotopic (exact) mass is 252 g/mol. The van der Waals surface area contributed by atoms with Gasteiger partial charge < -0.3 is 15.3 Å². The van der Waals surface area contributed by atoms with Gasteiger partial charge in [-0.25, -0.2) is 4.98 Å². The normalized spacial score (nSPS) is 12.8. The lowest BCUT2D eigenvalue weighted by Gasteiger charge is -2.03. The molecule has 0 aliphatic rings. The number of para-hydroxylation sites is 2. The summed E-state index contributed by atoms with van der Waals surface area (Å²) in [4.78, 5) is 14.8. The fourth-order valence-corrected chi connectivity index (χ4v) is 2.14. The zero-order valence-corrected chi connectivity index (χ0v) is 9.81. The van der Waals surface area contributed by atoms with Crippen LogP contribution in [0.4, 0.5) is 0 Å². The number of hydrogen-bond donors (Lipinski definition) is 2. The van der Waals surface area contributed by atoms with E-state index in [0.717, 1.165) is 11.1 Å². The molecular weight excluding hydrogens is 240 g/mol. The van der Waals surface area contributed by atoms with Gasteiger partial charge in [-0.05, 0) is 12.1 Å². The second-order valence-electron chi connectivity index (χ2n) is 3.54. The highest BCUT2D eigenvalue weighted by Crippen LogP contribution is 2.18. The van der Waals surface area contributed by atoms with Crippen molar-refractivity contribution in [2.24, 2.45) is 5.73 Å². The lowest BCUT2D eigenvalue weighted by molar-refractivity contribution is -0.137. The summed E-state index contributed by atoms with van der Waals surface area (Å²) in [5.41, 5.74) is 6.94. The Morgan fingerprint density at radius 2 is 2.29 bits per heavy atom. The van der Waals surface area contributed by atoms with Crippen molar-refractivity contribution in [3.05, 3.63) is 30.2 Å². The number of nitrogens with zero attached hydrogens (tertiary/aromatic N) is 1. The van der Waals surface area contributed by atoms with E-state index < -0.39 is 12.0 Å². The number of hydrogen-bond acceptors (Lipinski definition) is 5. The number of oxazole rings is 1. The van der Waals surface area contributed by atoms with Crippen LogP contribution in [0.3, 0.4) is 0 Å². The van der Waals surface area contributed by atoms with E-state index in [9.17, 15) is 4.79 Å². The van der Waals surface area contributed by atoms with Gasteiger partial charge in [0.15, 0.2) is 5.58 Å². The van der Waals surface area contributed by atoms with Crippen LogP contribution in [0.5, 0.6) is 0 Å². The zero-order chi connectivity index (χ0) is 12.3. The number of thioether (sulfide) groups is 1. The van der Waals surface area contributed by atoms with Gasteiger partial charge >= 0.3 is 5.97 Å². The van der Waals surface area contributed by atoms with Crippen LogP contribution < -0.4 is 5.73 Å². The minimum atomic E-state index is -0.991. The molecule has 1 aromatic heterocycles. The third-order valence-electron chi connectivity index (χ3n) is 2.18. The smallest absolute Gasteiger partial charge is 0.321 e. The molecule has 0 saturated carbocycles. The second kappa shape index (κ2) is 5.20. The average molecular weight is 252 g/mol. The molecule has 3 N–H and O–H groups in total. The van der Waals surface area contributed by atoms with E-state index in [1.54, 1.807) is 0 Å². The number of nitrogens with two attached hydrogens (primary N) is 1. The fourth-order valence-electron chi connectivity index (χ4n) is 1.33. The van der Waals surface area contributed by atoms with Crippen molar-refractivity contribution in [2.45, 2.75) is 11.8 Å². The van der Waals surface area contributed by atoms with Crippen LogP contribution in [-0.4, -0.2) is 27.9 Å². The predicted molar refractivity (Wildman–Crippen MR) is 65.8 cm³/mol. The maximum atomic E-state index is 10.5. The molecule has 0 saturated heterocycles. The Hall–Kier alpha value is -1.53. The Bertz CT molecular complexity index is 493. The zero-order valence-electron chi connectivity index (χ0n) is 9.00. The van der Waals surface area contributed by atoms with Gasteiger partial charge in [-0.15, -0.1) is 11.8 Å². The molecular formula is C11H12N2O3S. The average Bonchev–Trinajstić information content (AvgIpc) is 2.71. The van der Waals surface area contributed by atoms with Crippen molar-refractivity contribution in [3.8, 4) is 0 Å². The highest BCUT2D eigenvalue weighted by atomic mass is 32.2. The van der Waals surface area contributed by atoms with Gasteiger partial charge in [-0.3, -0.25) is 4.79 Å². The second-order valence-corrected chi connectivity index (χ2v) is 4.57. The Morgan fingerprint density at radius 1 is 1.53 bits per heavy atom. The number of carbonyl (C=O) groups is 1. The van der Waals surface area contributed by atoms with E-state index in [4.69, 9.17) is 15.3 Å². The molecule has 5 nitrogen and oxygen atoms in total. The van der Waals surface area contributed by atoms with E-state index in [1.807, 2.05) is 24.3 Å². The van der Waals surface area contributed by atoms with E-state index in [1.165, 1.54) is 11.8 Å². The molecule has 6 heteroatoms. The number of benzene rings is 1. The first-order chi connectivity index (χ1) is 8.16. The van der Waals surface area contributed by atoms with Crippen LogP contribution >= 0.6 is 11.8 Å². The first-order valence-corrected chi connectivity index (χ1v) is 6.23. The number of aliphatic carboxylic acids is 1. The first kappa shape index (κ1) is 11.9. The van der Waals surface area contributed by atoms with Crippen molar-refractivity contribution in [3.63, 3.8) is 0 Å². The summed E-state index contributed by atoms with van der Waals surface area (Å²) < 4.78 is 5.49. The molecule has 0 bridgehead atoms. The highest BCUT2D eigenvalue weighted by molar-refractivity contribution is 7.98. The van der Waals surface area contributed by atoms with E-state index in [0.29, 0.717) is 17.4 Å². The van der Waals surface area contributed by atoms with Crippen LogP contribution in [-0.2, 0) is 10.5 Å². The molecule has 2 aromatic rings. The van der Waals surface area contributed by atoms with Gasteiger partial charge in [0.25, 0.3) is 0 Å². The molecule has 2 rings (SSSR count). The number of fused-ring (bicyclic) bond motifs is 1. The van der Waals surface area contributed by atoms with Crippen molar-refractivity contribution in [1.29, 1.82) is 0 Å². The highest BCUT2D eigenvalue weighted by Gasteiger charge is 2.12. The molecule has 90 valence electrons. The van der Waals surface area contributed by atoms with Gasteiger partial charge in [-0.1, -0.05) is 12.1 Å². The maximum Gasteiger partial charge on any atom is 0.321 e. The minimum absolute atomic E-state index is 0.341. The summed E-state index contributed by atoms with van der Waals surface area (Å²) in [5, 5.41) is 8.62. The van der Waals surface area contributed by atoms with Gasteiger partial charge in [0, 0.05) is 5.75 Å². The van der Waals surface area contributed by atoms with Crippen molar-refractivity contribution in [2.75, 3.05) is 5.75 Å². The molecule has 1 heterocycles. The molecule has 0 aliphatic carbocycles. The molecule has 17 heavy (non-hydrogen) atoms. The van der Waals surface area contributed by atoms with E-state index in [-0.39, 0.29) is 0 Å². The summed E-state index contributed by atoms with van der Waals surface area (Å²) in [6.07, 6.45) is 0. The lowest BCUT2D eigenvalue weighted by Crippen LogP contribution is -2.32. The van der Waals surface area contributed by atoms with Gasteiger partial charge in [0.2, 0.25) is 5.89 Å². The van der Waals surface area contributed by atoms with Crippen LogP contribution in [0, 0.1) is 0 Å². The van der Waals surface area contributed by atoms with Crippen LogP contribution in [0.15, 0.2) is 28.7 Å². The minimum Gasteiger partial charge on any atom is -0.480 e. The molecule has 1 aromatic carbocycles. The molecule has 1 atom stereocenters. The van der Waals surface area contributed by atoms with Crippen molar-refractivity contribution >= 4 is 28.8 Å². The first-order valence-electron chi connectivity index (χ1n) is 5.07. The third-order valence-corrected chi connectivity index (χ3v) is 3.22. The van der Waals surface area contributed by atoms with Gasteiger partial charge in [0.1, 0.15) is 11.6 Å². The van der Waals surface area contributed by atoms with Crippen LogP contribution in [0.1, 0.15) is 5.89 Å². The standard InChI is InChI=1S/C11H12N2O3S/c12-7(11(14)15)5-17-6-10-13-8-3-1-2-4-9(8)16-10/h1-4,7H,5-6,12H2,(H,14,15)/t7-/m0/s1. The fraction of sp³-hybridized carbons (Fsp3) is 0.273. The number of carboxylic acids is 1. The maximum absolute atomic E-state index is 10.5. The summed E-state index contributed by atoms with van der Waals surface area (Å²) in [5.74, 6) is 0.466. The molecule has 0 aliphatic heterocycles. The Morgan fingerprint density at radius 3 is 3.00 bits per heavy atom. The Balaban J connectivity index is 1.93. The quantitative estimate of drug-likeness (QED) is 0.837. The molecule has 0 radical (unpaired) electrons. The Labute approximate surface area is 102 Å².